The molecule has 0 unspecified atom stereocenters. The third-order valence-corrected chi connectivity index (χ3v) is 6.09. The van der Waals surface area contributed by atoms with Crippen molar-refractivity contribution in [2.24, 2.45) is 0 Å². The van der Waals surface area contributed by atoms with Gasteiger partial charge in [0.25, 0.3) is 5.91 Å². The summed E-state index contributed by atoms with van der Waals surface area (Å²) in [6.45, 7) is -0.410. The molecule has 36 heavy (non-hydrogen) atoms. The number of phenolic OH excluding ortho intramolecular Hbond substituents is 1. The van der Waals surface area contributed by atoms with E-state index in [0.717, 1.165) is 28.8 Å². The summed E-state index contributed by atoms with van der Waals surface area (Å²) in [5.41, 5.74) is 5.23. The summed E-state index contributed by atoms with van der Waals surface area (Å²) in [6.07, 6.45) is 3.38. The summed E-state index contributed by atoms with van der Waals surface area (Å²) in [7, 11) is 1.57. The lowest BCUT2D eigenvalue weighted by atomic mass is 10.0. The number of para-hydroxylation sites is 1. The van der Waals surface area contributed by atoms with Crippen molar-refractivity contribution < 1.29 is 24.2 Å². The molecule has 0 radical (unpaired) electrons. The molecular formula is C29H24N2O5. The predicted molar refractivity (Wildman–Crippen MR) is 138 cm³/mol. The van der Waals surface area contributed by atoms with Crippen molar-refractivity contribution in [3.8, 4) is 11.5 Å². The number of esters is 1. The van der Waals surface area contributed by atoms with Crippen LogP contribution in [0.3, 0.4) is 0 Å². The van der Waals surface area contributed by atoms with Crippen LogP contribution in [0.2, 0.25) is 0 Å². The first kappa shape index (κ1) is 23.1. The molecule has 0 saturated heterocycles. The Balaban J connectivity index is 1.40. The van der Waals surface area contributed by atoms with Crippen molar-refractivity contribution in [2.45, 2.75) is 12.8 Å². The third-order valence-electron chi connectivity index (χ3n) is 6.09. The molecule has 2 N–H and O–H groups in total. The second-order valence-electron chi connectivity index (χ2n) is 8.45. The SMILES string of the molecule is COc1ccc(NC(=O)COC(=O)c2c3c(nc4ccccc24)/C(=C\c2ccc(O)cc2)CC3)cc1. The number of amides is 1. The highest BCUT2D eigenvalue weighted by Crippen LogP contribution is 2.38. The van der Waals surface area contributed by atoms with Gasteiger partial charge in [-0.15, -0.1) is 0 Å². The average Bonchev–Trinajstić information content (AvgIpc) is 3.29. The van der Waals surface area contributed by atoms with Crippen molar-refractivity contribution >= 4 is 40.1 Å². The van der Waals surface area contributed by atoms with E-state index >= 15 is 0 Å². The molecule has 5 rings (SSSR count). The zero-order valence-corrected chi connectivity index (χ0v) is 19.7. The second-order valence-corrected chi connectivity index (χ2v) is 8.45. The Kier molecular flexibility index (Phi) is 6.36. The van der Waals surface area contributed by atoms with Gasteiger partial charge in [0.2, 0.25) is 0 Å². The number of carbonyl (C=O) groups excluding carboxylic acids is 2. The Labute approximate surface area is 208 Å². The van der Waals surface area contributed by atoms with Crippen LogP contribution in [0.25, 0.3) is 22.6 Å². The van der Waals surface area contributed by atoms with Crippen LogP contribution in [0.15, 0.2) is 72.8 Å². The topological polar surface area (TPSA) is 97.8 Å². The molecule has 3 aromatic carbocycles. The lowest BCUT2D eigenvalue weighted by Gasteiger charge is -2.12. The minimum atomic E-state index is -0.555. The summed E-state index contributed by atoms with van der Waals surface area (Å²) in [4.78, 5) is 30.5. The van der Waals surface area contributed by atoms with Crippen LogP contribution in [0.5, 0.6) is 11.5 Å². The predicted octanol–water partition coefficient (Wildman–Crippen LogP) is 5.23. The van der Waals surface area contributed by atoms with Gasteiger partial charge in [-0.2, -0.15) is 0 Å². The van der Waals surface area contributed by atoms with Gasteiger partial charge in [0.1, 0.15) is 11.5 Å². The van der Waals surface area contributed by atoms with E-state index in [1.807, 2.05) is 42.5 Å². The van der Waals surface area contributed by atoms with E-state index in [0.29, 0.717) is 34.3 Å². The molecule has 1 aliphatic carbocycles. The monoisotopic (exact) mass is 480 g/mol. The zero-order valence-electron chi connectivity index (χ0n) is 19.7. The Bertz CT molecular complexity index is 1470. The van der Waals surface area contributed by atoms with Crippen molar-refractivity contribution in [1.29, 1.82) is 0 Å². The van der Waals surface area contributed by atoms with Crippen molar-refractivity contribution in [2.75, 3.05) is 19.0 Å². The molecule has 1 heterocycles. The van der Waals surface area contributed by atoms with Crippen LogP contribution in [0.4, 0.5) is 5.69 Å². The number of pyridine rings is 1. The summed E-state index contributed by atoms with van der Waals surface area (Å²) < 4.78 is 10.6. The molecular weight excluding hydrogens is 456 g/mol. The van der Waals surface area contributed by atoms with Gasteiger partial charge in [-0.25, -0.2) is 9.78 Å². The summed E-state index contributed by atoms with van der Waals surface area (Å²) in [5.74, 6) is -0.108. The van der Waals surface area contributed by atoms with E-state index in [1.54, 1.807) is 43.5 Å². The minimum absolute atomic E-state index is 0.203. The second kappa shape index (κ2) is 9.92. The molecule has 1 aliphatic rings. The van der Waals surface area contributed by atoms with Gasteiger partial charge in [-0.3, -0.25) is 4.79 Å². The number of benzene rings is 3. The molecule has 1 aromatic heterocycles. The van der Waals surface area contributed by atoms with Crippen LogP contribution in [-0.2, 0) is 16.0 Å². The van der Waals surface area contributed by atoms with Crippen molar-refractivity contribution in [3.05, 3.63) is 95.2 Å². The number of hydrogen-bond donors (Lipinski definition) is 2. The highest BCUT2D eigenvalue weighted by Gasteiger charge is 2.28. The molecule has 7 nitrogen and oxygen atoms in total. The number of phenols is 1. The normalized spacial score (nSPS) is 13.4. The van der Waals surface area contributed by atoms with Crippen LogP contribution < -0.4 is 10.1 Å². The maximum Gasteiger partial charge on any atom is 0.339 e. The number of allylic oxidation sites excluding steroid dienone is 1. The van der Waals surface area contributed by atoms with Gasteiger partial charge in [-0.1, -0.05) is 30.3 Å². The fourth-order valence-electron chi connectivity index (χ4n) is 4.36. The first-order valence-corrected chi connectivity index (χ1v) is 11.5. The van der Waals surface area contributed by atoms with E-state index in [1.165, 1.54) is 0 Å². The number of anilines is 1. The smallest absolute Gasteiger partial charge is 0.339 e. The van der Waals surface area contributed by atoms with Crippen molar-refractivity contribution in [3.63, 3.8) is 0 Å². The van der Waals surface area contributed by atoms with Crippen LogP contribution >= 0.6 is 0 Å². The minimum Gasteiger partial charge on any atom is -0.508 e. The van der Waals surface area contributed by atoms with Gasteiger partial charge in [0.15, 0.2) is 6.61 Å². The van der Waals surface area contributed by atoms with Gasteiger partial charge in [0.05, 0.1) is 23.9 Å². The Morgan fingerprint density at radius 3 is 2.50 bits per heavy atom. The van der Waals surface area contributed by atoms with Crippen LogP contribution in [0.1, 0.15) is 33.6 Å². The third kappa shape index (κ3) is 4.77. The van der Waals surface area contributed by atoms with Gasteiger partial charge < -0.3 is 19.9 Å². The Hall–Kier alpha value is -4.65. The van der Waals surface area contributed by atoms with E-state index in [2.05, 4.69) is 5.32 Å². The molecule has 0 saturated carbocycles. The number of nitrogens with one attached hydrogen (secondary N) is 1. The number of methoxy groups -OCH3 is 1. The molecule has 0 aliphatic heterocycles. The fraction of sp³-hybridized carbons (Fsp3) is 0.138. The van der Waals surface area contributed by atoms with Crippen LogP contribution in [-0.4, -0.2) is 35.7 Å². The van der Waals surface area contributed by atoms with E-state index in [9.17, 15) is 14.7 Å². The summed E-state index contributed by atoms with van der Waals surface area (Å²) in [5, 5.41) is 13.0. The number of rotatable bonds is 6. The average molecular weight is 481 g/mol. The van der Waals surface area contributed by atoms with E-state index < -0.39 is 18.5 Å². The first-order valence-electron chi connectivity index (χ1n) is 11.5. The molecule has 0 atom stereocenters. The number of carbonyl (C=O) groups is 2. The number of ether oxygens (including phenoxy) is 2. The lowest BCUT2D eigenvalue weighted by molar-refractivity contribution is -0.119. The zero-order chi connectivity index (χ0) is 25.1. The molecule has 0 fully saturated rings. The van der Waals surface area contributed by atoms with Crippen LogP contribution in [0, 0.1) is 0 Å². The number of fused-ring (bicyclic) bond motifs is 2. The summed E-state index contributed by atoms with van der Waals surface area (Å²) >= 11 is 0. The quantitative estimate of drug-likeness (QED) is 0.367. The molecule has 4 aromatic rings. The maximum absolute atomic E-state index is 13.3. The maximum atomic E-state index is 13.3. The van der Waals surface area contributed by atoms with Gasteiger partial charge in [-0.05, 0) is 78.1 Å². The van der Waals surface area contributed by atoms with Gasteiger partial charge in [0, 0.05) is 11.1 Å². The lowest BCUT2D eigenvalue weighted by Crippen LogP contribution is -2.21. The number of aromatic nitrogens is 1. The van der Waals surface area contributed by atoms with E-state index in [4.69, 9.17) is 14.5 Å². The Morgan fingerprint density at radius 1 is 1.00 bits per heavy atom. The molecule has 0 bridgehead atoms. The Morgan fingerprint density at radius 2 is 1.75 bits per heavy atom. The standard InChI is InChI=1S/C29H24N2O5/c1-35-22-13-9-20(10-14-22)30-26(33)17-36-29(34)27-23-4-2-3-5-25(23)31-28-19(8-15-24(27)28)16-18-6-11-21(32)12-7-18/h2-7,9-14,16,32H,8,15,17H2,1H3,(H,30,33)/b19-16-. The molecule has 180 valence electrons. The number of nitrogens with zero attached hydrogens (tertiary/aromatic N) is 1. The number of hydrogen-bond acceptors (Lipinski definition) is 6. The fourth-order valence-corrected chi connectivity index (χ4v) is 4.36. The first-order chi connectivity index (χ1) is 17.5. The number of aromatic hydroxyl groups is 1. The van der Waals surface area contributed by atoms with Crippen molar-refractivity contribution in [1.82, 2.24) is 4.98 Å². The highest BCUT2D eigenvalue weighted by atomic mass is 16.5. The molecule has 1 amide bonds. The van der Waals surface area contributed by atoms with Gasteiger partial charge >= 0.3 is 5.97 Å². The summed E-state index contributed by atoms with van der Waals surface area (Å²) in [6, 6.07) is 21.3. The van der Waals surface area contributed by atoms with E-state index in [-0.39, 0.29) is 5.75 Å². The highest BCUT2D eigenvalue weighted by molar-refractivity contribution is 6.08. The molecule has 0 spiro atoms. The molecule has 7 heteroatoms. The largest absolute Gasteiger partial charge is 0.508 e.